The average Bonchev–Trinajstić information content (AvgIpc) is 2.30. The molecule has 0 aliphatic heterocycles. The van der Waals surface area contributed by atoms with Gasteiger partial charge in [-0.15, -0.1) is 0 Å². The molecule has 1 N–H and O–H groups in total. The van der Waals surface area contributed by atoms with Crippen LogP contribution in [0.1, 0.15) is 26.7 Å². The van der Waals surface area contributed by atoms with Crippen molar-refractivity contribution in [3.8, 4) is 0 Å². The van der Waals surface area contributed by atoms with Crippen LogP contribution in [0.25, 0.3) is 0 Å². The van der Waals surface area contributed by atoms with E-state index in [1.807, 2.05) is 6.92 Å². The molecule has 0 fully saturated rings. The van der Waals surface area contributed by atoms with Crippen LogP contribution in [0.4, 0.5) is 0 Å². The Balaban J connectivity index is 2.80. The van der Waals surface area contributed by atoms with Gasteiger partial charge in [0.2, 0.25) is 0 Å². The molecule has 0 radical (unpaired) electrons. The van der Waals surface area contributed by atoms with E-state index in [2.05, 4.69) is 13.5 Å². The van der Waals surface area contributed by atoms with Crippen LogP contribution < -0.4 is 0 Å². The largest absolute Gasteiger partial charge is 0.392 e. The molecule has 0 amide bonds. The number of hydrogen-bond acceptors (Lipinski definition) is 1. The van der Waals surface area contributed by atoms with Gasteiger partial charge in [0.05, 0.1) is 6.61 Å². The van der Waals surface area contributed by atoms with Gasteiger partial charge in [-0.3, -0.25) is 0 Å². The highest BCUT2D eigenvalue weighted by Gasteiger charge is 2.22. The Morgan fingerprint density at radius 3 is 2.73 bits per heavy atom. The van der Waals surface area contributed by atoms with E-state index in [0.29, 0.717) is 5.92 Å². The first-order valence-corrected chi connectivity index (χ1v) is 4.11. The lowest BCUT2D eigenvalue weighted by Gasteiger charge is -2.12. The third kappa shape index (κ3) is 1.54. The lowest BCUT2D eigenvalue weighted by Crippen LogP contribution is -2.03. The molecule has 0 spiro atoms. The highest BCUT2D eigenvalue weighted by molar-refractivity contribution is 5.28. The summed E-state index contributed by atoms with van der Waals surface area (Å²) in [6.07, 6.45) is 2.28. The zero-order valence-electron chi connectivity index (χ0n) is 7.35. The summed E-state index contributed by atoms with van der Waals surface area (Å²) in [6, 6.07) is 0. The molecule has 0 bridgehead atoms. The standard InChI is InChI=1S/C10H16O/c1-7(2)9-5-4-8(3)10(9)6-11/h9,11H,1,4-6H2,2-3H3/t9-/m0/s1. The van der Waals surface area contributed by atoms with Crippen LogP contribution in [0, 0.1) is 5.92 Å². The number of rotatable bonds is 2. The molecule has 0 aromatic carbocycles. The summed E-state index contributed by atoms with van der Waals surface area (Å²) in [5, 5.41) is 9.06. The van der Waals surface area contributed by atoms with Gasteiger partial charge >= 0.3 is 0 Å². The van der Waals surface area contributed by atoms with Crippen LogP contribution >= 0.6 is 0 Å². The summed E-state index contributed by atoms with van der Waals surface area (Å²) in [7, 11) is 0. The zero-order chi connectivity index (χ0) is 8.43. The van der Waals surface area contributed by atoms with Crippen LogP contribution in [0.5, 0.6) is 0 Å². The summed E-state index contributed by atoms with van der Waals surface area (Å²) < 4.78 is 0. The number of allylic oxidation sites excluding steroid dienone is 2. The highest BCUT2D eigenvalue weighted by atomic mass is 16.3. The van der Waals surface area contributed by atoms with Crippen molar-refractivity contribution in [2.24, 2.45) is 5.92 Å². The fourth-order valence-electron chi connectivity index (χ4n) is 1.78. The molecule has 0 heterocycles. The summed E-state index contributed by atoms with van der Waals surface area (Å²) >= 11 is 0. The van der Waals surface area contributed by atoms with Crippen molar-refractivity contribution < 1.29 is 5.11 Å². The number of aliphatic hydroxyl groups excluding tert-OH is 1. The monoisotopic (exact) mass is 152 g/mol. The zero-order valence-corrected chi connectivity index (χ0v) is 7.35. The molecular weight excluding hydrogens is 136 g/mol. The van der Waals surface area contributed by atoms with E-state index < -0.39 is 0 Å². The van der Waals surface area contributed by atoms with Gasteiger partial charge in [-0.05, 0) is 32.3 Å². The third-order valence-electron chi connectivity index (χ3n) is 2.54. The van der Waals surface area contributed by atoms with Gasteiger partial charge in [0.25, 0.3) is 0 Å². The van der Waals surface area contributed by atoms with Gasteiger partial charge in [-0.1, -0.05) is 17.7 Å². The molecule has 1 aliphatic rings. The first-order chi connectivity index (χ1) is 5.16. The lowest BCUT2D eigenvalue weighted by molar-refractivity contribution is 0.320. The van der Waals surface area contributed by atoms with Crippen LogP contribution in [0.2, 0.25) is 0 Å². The van der Waals surface area contributed by atoms with Crippen molar-refractivity contribution >= 4 is 0 Å². The molecular formula is C10H16O. The molecule has 11 heavy (non-hydrogen) atoms. The van der Waals surface area contributed by atoms with Gasteiger partial charge < -0.3 is 5.11 Å². The first kappa shape index (κ1) is 8.54. The van der Waals surface area contributed by atoms with Crippen LogP contribution in [0.3, 0.4) is 0 Å². The van der Waals surface area contributed by atoms with Crippen molar-refractivity contribution in [3.63, 3.8) is 0 Å². The second kappa shape index (κ2) is 3.22. The predicted molar refractivity (Wildman–Crippen MR) is 47.3 cm³/mol. The van der Waals surface area contributed by atoms with Gasteiger partial charge in [0, 0.05) is 5.92 Å². The highest BCUT2D eigenvalue weighted by Crippen LogP contribution is 2.35. The minimum Gasteiger partial charge on any atom is -0.392 e. The molecule has 62 valence electrons. The molecule has 1 atom stereocenters. The topological polar surface area (TPSA) is 20.2 Å². The van der Waals surface area contributed by atoms with Gasteiger partial charge in [-0.25, -0.2) is 0 Å². The van der Waals surface area contributed by atoms with Crippen LogP contribution in [0.15, 0.2) is 23.3 Å². The fourth-order valence-corrected chi connectivity index (χ4v) is 1.78. The van der Waals surface area contributed by atoms with E-state index in [4.69, 9.17) is 5.11 Å². The maximum atomic E-state index is 9.06. The Morgan fingerprint density at radius 2 is 2.36 bits per heavy atom. The first-order valence-electron chi connectivity index (χ1n) is 4.11. The second-order valence-corrected chi connectivity index (χ2v) is 3.40. The summed E-state index contributed by atoms with van der Waals surface area (Å²) in [5.41, 5.74) is 3.75. The molecule has 1 aliphatic carbocycles. The quantitative estimate of drug-likeness (QED) is 0.602. The molecule has 0 aromatic heterocycles. The Kier molecular flexibility index (Phi) is 2.50. The Bertz CT molecular complexity index is 201. The van der Waals surface area contributed by atoms with Crippen LogP contribution in [-0.4, -0.2) is 11.7 Å². The number of aliphatic hydroxyl groups is 1. The van der Waals surface area contributed by atoms with Gasteiger partial charge in [0.15, 0.2) is 0 Å². The van der Waals surface area contributed by atoms with Crippen molar-refractivity contribution in [2.75, 3.05) is 6.61 Å². The molecule has 1 nitrogen and oxygen atoms in total. The average molecular weight is 152 g/mol. The second-order valence-electron chi connectivity index (χ2n) is 3.40. The van der Waals surface area contributed by atoms with E-state index in [-0.39, 0.29) is 6.61 Å². The van der Waals surface area contributed by atoms with Crippen LogP contribution in [-0.2, 0) is 0 Å². The van der Waals surface area contributed by atoms with Crippen molar-refractivity contribution in [1.29, 1.82) is 0 Å². The Hall–Kier alpha value is -0.560. The fraction of sp³-hybridized carbons (Fsp3) is 0.600. The lowest BCUT2D eigenvalue weighted by atomic mass is 9.95. The predicted octanol–water partition coefficient (Wildman–Crippen LogP) is 2.28. The van der Waals surface area contributed by atoms with E-state index in [1.165, 1.54) is 16.7 Å². The summed E-state index contributed by atoms with van der Waals surface area (Å²) in [5.74, 6) is 0.458. The van der Waals surface area contributed by atoms with Gasteiger partial charge in [0.1, 0.15) is 0 Å². The molecule has 0 saturated heterocycles. The number of hydrogen-bond donors (Lipinski definition) is 1. The normalized spacial score (nSPS) is 24.5. The van der Waals surface area contributed by atoms with E-state index in [9.17, 15) is 0 Å². The minimum atomic E-state index is 0.212. The maximum Gasteiger partial charge on any atom is 0.0650 e. The Labute approximate surface area is 68.4 Å². The molecule has 1 heteroatoms. The van der Waals surface area contributed by atoms with E-state index in [1.54, 1.807) is 0 Å². The maximum absolute atomic E-state index is 9.06. The van der Waals surface area contributed by atoms with Crippen molar-refractivity contribution in [1.82, 2.24) is 0 Å². The summed E-state index contributed by atoms with van der Waals surface area (Å²) in [4.78, 5) is 0. The third-order valence-corrected chi connectivity index (χ3v) is 2.54. The van der Waals surface area contributed by atoms with E-state index >= 15 is 0 Å². The SMILES string of the molecule is C=C(C)[C@@H]1CCC(C)=C1CO. The molecule has 1 rings (SSSR count). The van der Waals surface area contributed by atoms with Crippen molar-refractivity contribution in [3.05, 3.63) is 23.3 Å². The Morgan fingerprint density at radius 1 is 1.73 bits per heavy atom. The smallest absolute Gasteiger partial charge is 0.0650 e. The minimum absolute atomic E-state index is 0.212. The van der Waals surface area contributed by atoms with Crippen molar-refractivity contribution in [2.45, 2.75) is 26.7 Å². The molecule has 0 unspecified atom stereocenters. The van der Waals surface area contributed by atoms with E-state index in [0.717, 1.165) is 12.8 Å². The molecule has 0 saturated carbocycles. The molecule has 0 aromatic rings. The summed E-state index contributed by atoms with van der Waals surface area (Å²) in [6.45, 7) is 8.28. The van der Waals surface area contributed by atoms with Gasteiger partial charge in [-0.2, -0.15) is 0 Å².